The molecule has 0 amide bonds. The Bertz CT molecular complexity index is 1280. The van der Waals surface area contributed by atoms with E-state index >= 15 is 0 Å². The molecule has 10 heteroatoms. The summed E-state index contributed by atoms with van der Waals surface area (Å²) in [6, 6.07) is 11.5. The van der Waals surface area contributed by atoms with Crippen LogP contribution in [0.3, 0.4) is 0 Å². The fourth-order valence-corrected chi connectivity index (χ4v) is 4.09. The largest absolute Gasteiger partial charge is 0.401 e. The second kappa shape index (κ2) is 8.43. The smallest absolute Gasteiger partial charge is 0.368 e. The van der Waals surface area contributed by atoms with Crippen LogP contribution in [0.5, 0.6) is 0 Å². The van der Waals surface area contributed by atoms with Gasteiger partial charge in [0, 0.05) is 43.6 Å². The van der Waals surface area contributed by atoms with Gasteiger partial charge in [0.25, 0.3) is 0 Å². The van der Waals surface area contributed by atoms with Gasteiger partial charge in [-0.25, -0.2) is 4.98 Å². The molecular formula is C23H22F3N7. The van der Waals surface area contributed by atoms with Crippen molar-refractivity contribution in [2.75, 3.05) is 37.6 Å². The molecule has 0 aromatic carbocycles. The van der Waals surface area contributed by atoms with Crippen LogP contribution in [0.15, 0.2) is 48.8 Å². The lowest BCUT2D eigenvalue weighted by molar-refractivity contribution is -0.146. The summed E-state index contributed by atoms with van der Waals surface area (Å²) in [4.78, 5) is 17.4. The SMILES string of the molecule is Cc1cccc(-c2n[nH]cc2-c2ccc3ncc(N4CCN(CC(F)(F)F)CC4)cc3n2)n1. The number of halogens is 3. The predicted molar refractivity (Wildman–Crippen MR) is 120 cm³/mol. The van der Waals surface area contributed by atoms with Crippen molar-refractivity contribution in [2.45, 2.75) is 13.1 Å². The van der Waals surface area contributed by atoms with Gasteiger partial charge < -0.3 is 4.90 Å². The van der Waals surface area contributed by atoms with Crippen molar-refractivity contribution in [3.8, 4) is 22.6 Å². The second-order valence-electron chi connectivity index (χ2n) is 8.12. The number of nitrogens with one attached hydrogen (secondary N) is 1. The lowest BCUT2D eigenvalue weighted by atomic mass is 10.1. The maximum atomic E-state index is 12.7. The Morgan fingerprint density at radius 3 is 2.55 bits per heavy atom. The first-order valence-corrected chi connectivity index (χ1v) is 10.6. The minimum atomic E-state index is -4.17. The van der Waals surface area contributed by atoms with Crippen LogP contribution in [0.1, 0.15) is 5.69 Å². The third-order valence-corrected chi connectivity index (χ3v) is 5.71. The summed E-state index contributed by atoms with van der Waals surface area (Å²) >= 11 is 0. The highest BCUT2D eigenvalue weighted by molar-refractivity contribution is 5.84. The standard InChI is InChI=1S/C23H22F3N7/c1-15-3-2-4-20(29-15)22-17(13-28-31-22)18-5-6-19-21(30-18)11-16(12-27-19)33-9-7-32(8-10-33)14-23(24,25)26/h2-6,11-13H,7-10,14H2,1H3,(H,28,31). The summed E-state index contributed by atoms with van der Waals surface area (Å²) in [6.45, 7) is 2.78. The monoisotopic (exact) mass is 453 g/mol. The van der Waals surface area contributed by atoms with Crippen LogP contribution in [-0.4, -0.2) is 68.9 Å². The molecule has 33 heavy (non-hydrogen) atoms. The minimum absolute atomic E-state index is 0.354. The number of rotatable bonds is 4. The maximum Gasteiger partial charge on any atom is 0.401 e. The first-order chi connectivity index (χ1) is 15.9. The number of hydrogen-bond acceptors (Lipinski definition) is 6. The normalized spacial score (nSPS) is 15.3. The summed E-state index contributed by atoms with van der Waals surface area (Å²) in [7, 11) is 0. The van der Waals surface area contributed by atoms with Crippen molar-refractivity contribution in [1.29, 1.82) is 0 Å². The van der Waals surface area contributed by atoms with E-state index in [9.17, 15) is 13.2 Å². The van der Waals surface area contributed by atoms with Gasteiger partial charge in [-0.1, -0.05) is 6.07 Å². The van der Waals surface area contributed by atoms with Crippen LogP contribution in [0.25, 0.3) is 33.7 Å². The van der Waals surface area contributed by atoms with Crippen molar-refractivity contribution >= 4 is 16.7 Å². The van der Waals surface area contributed by atoms with E-state index in [1.165, 1.54) is 4.90 Å². The average molecular weight is 453 g/mol. The summed E-state index contributed by atoms with van der Waals surface area (Å²) in [5.41, 5.74) is 6.27. The number of fused-ring (bicyclic) bond motifs is 1. The number of pyridine rings is 3. The Morgan fingerprint density at radius 2 is 1.79 bits per heavy atom. The van der Waals surface area contributed by atoms with Gasteiger partial charge in [0.1, 0.15) is 5.69 Å². The van der Waals surface area contributed by atoms with Gasteiger partial charge in [0.15, 0.2) is 0 Å². The molecule has 170 valence electrons. The van der Waals surface area contributed by atoms with E-state index in [1.54, 1.807) is 12.4 Å². The summed E-state index contributed by atoms with van der Waals surface area (Å²) < 4.78 is 38.0. The van der Waals surface area contributed by atoms with Crippen LogP contribution in [0, 0.1) is 6.92 Å². The number of alkyl halides is 3. The molecule has 5 heterocycles. The number of hydrogen-bond donors (Lipinski definition) is 1. The zero-order valence-electron chi connectivity index (χ0n) is 18.0. The molecule has 0 saturated carbocycles. The number of piperazine rings is 1. The Hall–Kier alpha value is -3.53. The fraction of sp³-hybridized carbons (Fsp3) is 0.304. The molecule has 4 aromatic rings. The van der Waals surface area contributed by atoms with Crippen molar-refractivity contribution in [3.05, 3.63) is 54.5 Å². The van der Waals surface area contributed by atoms with E-state index in [0.29, 0.717) is 31.7 Å². The highest BCUT2D eigenvalue weighted by Crippen LogP contribution is 2.30. The summed E-state index contributed by atoms with van der Waals surface area (Å²) in [6.07, 6.45) is -0.624. The number of anilines is 1. The molecule has 1 N–H and O–H groups in total. The van der Waals surface area contributed by atoms with Crippen molar-refractivity contribution in [3.63, 3.8) is 0 Å². The van der Waals surface area contributed by atoms with Crippen LogP contribution in [0.2, 0.25) is 0 Å². The molecule has 0 atom stereocenters. The Labute approximate surface area is 188 Å². The lowest BCUT2D eigenvalue weighted by Crippen LogP contribution is -2.49. The highest BCUT2D eigenvalue weighted by atomic mass is 19.4. The number of aromatic nitrogens is 5. The number of H-pyrrole nitrogens is 1. The van der Waals surface area contributed by atoms with E-state index in [4.69, 9.17) is 4.98 Å². The first kappa shape index (κ1) is 21.3. The van der Waals surface area contributed by atoms with Gasteiger partial charge in [-0.2, -0.15) is 18.3 Å². The summed E-state index contributed by atoms with van der Waals surface area (Å²) in [5, 5.41) is 7.28. The molecule has 0 bridgehead atoms. The van der Waals surface area contributed by atoms with Crippen LogP contribution in [0.4, 0.5) is 18.9 Å². The van der Waals surface area contributed by atoms with Crippen molar-refractivity contribution in [2.24, 2.45) is 0 Å². The molecule has 4 aromatic heterocycles. The number of aromatic amines is 1. The van der Waals surface area contributed by atoms with Gasteiger partial charge in [-0.3, -0.25) is 20.0 Å². The average Bonchev–Trinajstić information content (AvgIpc) is 3.28. The van der Waals surface area contributed by atoms with Gasteiger partial charge in [-0.05, 0) is 37.3 Å². The molecule has 0 unspecified atom stereocenters. The van der Waals surface area contributed by atoms with Gasteiger partial charge in [-0.15, -0.1) is 0 Å². The summed E-state index contributed by atoms with van der Waals surface area (Å²) in [5.74, 6) is 0. The maximum absolute atomic E-state index is 12.7. The van der Waals surface area contributed by atoms with Gasteiger partial charge in [0.2, 0.25) is 0 Å². The first-order valence-electron chi connectivity index (χ1n) is 10.6. The Kier molecular flexibility index (Phi) is 5.45. The molecule has 1 fully saturated rings. The number of nitrogens with zero attached hydrogens (tertiary/aromatic N) is 6. The van der Waals surface area contributed by atoms with Crippen LogP contribution in [-0.2, 0) is 0 Å². The highest BCUT2D eigenvalue weighted by Gasteiger charge is 2.32. The molecular weight excluding hydrogens is 431 g/mol. The molecule has 1 saturated heterocycles. The van der Waals surface area contributed by atoms with Crippen LogP contribution >= 0.6 is 0 Å². The van der Waals surface area contributed by atoms with E-state index < -0.39 is 12.7 Å². The lowest BCUT2D eigenvalue weighted by Gasteiger charge is -2.36. The molecule has 0 aliphatic carbocycles. The quantitative estimate of drug-likeness (QED) is 0.502. The fourth-order valence-electron chi connectivity index (χ4n) is 4.09. The third-order valence-electron chi connectivity index (χ3n) is 5.71. The molecule has 1 aliphatic rings. The van der Waals surface area contributed by atoms with Gasteiger partial charge in [0.05, 0.1) is 40.9 Å². The van der Waals surface area contributed by atoms with Gasteiger partial charge >= 0.3 is 6.18 Å². The van der Waals surface area contributed by atoms with E-state index in [0.717, 1.165) is 39.5 Å². The molecule has 1 aliphatic heterocycles. The third kappa shape index (κ3) is 4.65. The van der Waals surface area contributed by atoms with E-state index in [2.05, 4.69) is 20.2 Å². The molecule has 7 nitrogen and oxygen atoms in total. The topological polar surface area (TPSA) is 73.8 Å². The molecule has 0 radical (unpaired) electrons. The number of aryl methyl sites for hydroxylation is 1. The van der Waals surface area contributed by atoms with E-state index in [1.807, 2.05) is 48.2 Å². The zero-order valence-corrected chi connectivity index (χ0v) is 18.0. The zero-order chi connectivity index (χ0) is 23.0. The minimum Gasteiger partial charge on any atom is -0.368 e. The molecule has 5 rings (SSSR count). The van der Waals surface area contributed by atoms with Crippen molar-refractivity contribution < 1.29 is 13.2 Å². The van der Waals surface area contributed by atoms with Crippen molar-refractivity contribution in [1.82, 2.24) is 30.0 Å². The Balaban J connectivity index is 1.41. The van der Waals surface area contributed by atoms with Crippen LogP contribution < -0.4 is 4.90 Å². The Morgan fingerprint density at radius 1 is 0.970 bits per heavy atom. The molecule has 0 spiro atoms. The second-order valence-corrected chi connectivity index (χ2v) is 8.12. The van der Waals surface area contributed by atoms with E-state index in [-0.39, 0.29) is 0 Å². The predicted octanol–water partition coefficient (Wildman–Crippen LogP) is 4.07.